The van der Waals surface area contributed by atoms with E-state index in [0.717, 1.165) is 10.9 Å². The van der Waals surface area contributed by atoms with Crippen molar-refractivity contribution >= 4 is 34.1 Å². The highest BCUT2D eigenvalue weighted by atomic mass is 35.5. The lowest BCUT2D eigenvalue weighted by Gasteiger charge is -2.12. The normalized spacial score (nSPS) is 10.5. The van der Waals surface area contributed by atoms with Gasteiger partial charge in [0.2, 0.25) is 0 Å². The van der Waals surface area contributed by atoms with Crippen LogP contribution < -0.4 is 14.8 Å². The van der Waals surface area contributed by atoms with Crippen LogP contribution >= 0.6 is 11.6 Å². The average Bonchev–Trinajstić information content (AvgIpc) is 2.61. The Labute approximate surface area is 144 Å². The third-order valence-corrected chi connectivity index (χ3v) is 3.86. The fourth-order valence-electron chi connectivity index (χ4n) is 2.45. The van der Waals surface area contributed by atoms with Gasteiger partial charge in [-0.25, -0.2) is 0 Å². The smallest absolute Gasteiger partial charge is 0.255 e. The van der Waals surface area contributed by atoms with E-state index in [9.17, 15) is 4.79 Å². The number of nitrogens with zero attached hydrogens (tertiary/aromatic N) is 1. The molecule has 0 saturated heterocycles. The molecule has 5 nitrogen and oxygen atoms in total. The number of para-hydroxylation sites is 1. The summed E-state index contributed by atoms with van der Waals surface area (Å²) in [5.41, 5.74) is 1.72. The number of hydrogen-bond acceptors (Lipinski definition) is 4. The minimum absolute atomic E-state index is 0.304. The van der Waals surface area contributed by atoms with Crippen molar-refractivity contribution in [2.24, 2.45) is 0 Å². The number of methoxy groups -OCH3 is 2. The summed E-state index contributed by atoms with van der Waals surface area (Å²) < 4.78 is 10.4. The number of fused-ring (bicyclic) bond motifs is 1. The molecule has 1 aromatic heterocycles. The maximum atomic E-state index is 12.6. The van der Waals surface area contributed by atoms with Gasteiger partial charge in [-0.1, -0.05) is 29.8 Å². The number of aromatic nitrogens is 1. The molecule has 0 aliphatic heterocycles. The number of anilines is 1. The van der Waals surface area contributed by atoms with Crippen LogP contribution in [0.5, 0.6) is 11.5 Å². The highest BCUT2D eigenvalue weighted by Crippen LogP contribution is 2.36. The summed E-state index contributed by atoms with van der Waals surface area (Å²) in [5, 5.41) is 4.11. The standard InChI is InChI=1S/C18H15ClN2O3/c1-23-15-10-12(9-13(19)17(15)24-2)18(22)21-14-7-3-5-11-6-4-8-20-16(11)14/h3-10H,1-2H3,(H,21,22). The van der Waals surface area contributed by atoms with Gasteiger partial charge in [0.25, 0.3) is 5.91 Å². The van der Waals surface area contributed by atoms with Crippen LogP contribution in [-0.2, 0) is 0 Å². The van der Waals surface area contributed by atoms with Gasteiger partial charge in [0, 0.05) is 17.1 Å². The van der Waals surface area contributed by atoms with Crippen molar-refractivity contribution < 1.29 is 14.3 Å². The number of ether oxygens (including phenoxy) is 2. The van der Waals surface area contributed by atoms with Crippen LogP contribution in [0.15, 0.2) is 48.7 Å². The summed E-state index contributed by atoms with van der Waals surface area (Å²) in [6, 6.07) is 12.5. The van der Waals surface area contributed by atoms with Crippen molar-refractivity contribution in [2.45, 2.75) is 0 Å². The molecule has 0 saturated carbocycles. The molecule has 3 rings (SSSR count). The lowest BCUT2D eigenvalue weighted by molar-refractivity contribution is 0.102. The molecule has 2 aromatic carbocycles. The molecule has 6 heteroatoms. The van der Waals surface area contributed by atoms with Crippen molar-refractivity contribution in [1.29, 1.82) is 0 Å². The van der Waals surface area contributed by atoms with E-state index in [-0.39, 0.29) is 5.91 Å². The van der Waals surface area contributed by atoms with E-state index in [0.29, 0.717) is 27.8 Å². The van der Waals surface area contributed by atoms with Gasteiger partial charge < -0.3 is 14.8 Å². The van der Waals surface area contributed by atoms with E-state index in [4.69, 9.17) is 21.1 Å². The van der Waals surface area contributed by atoms with Gasteiger partial charge in [-0.2, -0.15) is 0 Å². The number of rotatable bonds is 4. The minimum Gasteiger partial charge on any atom is -0.493 e. The fourth-order valence-corrected chi connectivity index (χ4v) is 2.74. The Kier molecular flexibility index (Phi) is 4.53. The first kappa shape index (κ1) is 16.1. The van der Waals surface area contributed by atoms with Gasteiger partial charge in [-0.15, -0.1) is 0 Å². The maximum Gasteiger partial charge on any atom is 0.255 e. The van der Waals surface area contributed by atoms with Gasteiger partial charge in [0.05, 0.1) is 30.4 Å². The zero-order valence-electron chi connectivity index (χ0n) is 13.2. The largest absolute Gasteiger partial charge is 0.493 e. The van der Waals surface area contributed by atoms with Gasteiger partial charge in [0.15, 0.2) is 11.5 Å². The van der Waals surface area contributed by atoms with Crippen LogP contribution in [0.25, 0.3) is 10.9 Å². The van der Waals surface area contributed by atoms with Crippen molar-refractivity contribution in [3.8, 4) is 11.5 Å². The summed E-state index contributed by atoms with van der Waals surface area (Å²) in [5.74, 6) is 0.477. The van der Waals surface area contributed by atoms with Crippen molar-refractivity contribution in [3.63, 3.8) is 0 Å². The summed E-state index contributed by atoms with van der Waals surface area (Å²) in [6.07, 6.45) is 1.69. The molecule has 1 heterocycles. The number of benzene rings is 2. The molecule has 122 valence electrons. The molecule has 24 heavy (non-hydrogen) atoms. The Morgan fingerprint density at radius 2 is 1.92 bits per heavy atom. The molecule has 0 atom stereocenters. The van der Waals surface area contributed by atoms with Gasteiger partial charge in [-0.05, 0) is 24.3 Å². The van der Waals surface area contributed by atoms with E-state index in [2.05, 4.69) is 10.3 Å². The molecule has 0 aliphatic carbocycles. The minimum atomic E-state index is -0.309. The SMILES string of the molecule is COc1cc(C(=O)Nc2cccc3cccnc23)cc(Cl)c1OC. The van der Waals surface area contributed by atoms with Crippen LogP contribution in [0.4, 0.5) is 5.69 Å². The molecule has 0 aliphatic rings. The van der Waals surface area contributed by atoms with Gasteiger partial charge in [0.1, 0.15) is 0 Å². The van der Waals surface area contributed by atoms with Crippen LogP contribution in [0, 0.1) is 0 Å². The van der Waals surface area contributed by atoms with Gasteiger partial charge in [-0.3, -0.25) is 9.78 Å². The van der Waals surface area contributed by atoms with Crippen LogP contribution in [0.1, 0.15) is 10.4 Å². The van der Waals surface area contributed by atoms with Crippen molar-refractivity contribution in [3.05, 3.63) is 59.2 Å². The molecule has 0 fully saturated rings. The lowest BCUT2D eigenvalue weighted by Crippen LogP contribution is -2.13. The second-order valence-electron chi connectivity index (χ2n) is 5.03. The topological polar surface area (TPSA) is 60.5 Å². The Bertz CT molecular complexity index is 907. The third-order valence-electron chi connectivity index (χ3n) is 3.58. The summed E-state index contributed by atoms with van der Waals surface area (Å²) in [4.78, 5) is 16.9. The highest BCUT2D eigenvalue weighted by Gasteiger charge is 2.16. The quantitative estimate of drug-likeness (QED) is 0.773. The van der Waals surface area contributed by atoms with Crippen molar-refractivity contribution in [1.82, 2.24) is 4.98 Å². The molecular weight excluding hydrogens is 328 g/mol. The third kappa shape index (κ3) is 2.98. The van der Waals surface area contributed by atoms with E-state index in [1.165, 1.54) is 20.3 Å². The number of nitrogens with one attached hydrogen (secondary N) is 1. The summed E-state index contributed by atoms with van der Waals surface area (Å²) in [7, 11) is 2.98. The lowest BCUT2D eigenvalue weighted by atomic mass is 10.1. The molecule has 1 N–H and O–H groups in total. The maximum absolute atomic E-state index is 12.6. The average molecular weight is 343 g/mol. The first-order chi connectivity index (χ1) is 11.6. The molecule has 0 bridgehead atoms. The van der Waals surface area contributed by atoms with Crippen LogP contribution in [-0.4, -0.2) is 25.1 Å². The zero-order valence-corrected chi connectivity index (χ0v) is 13.9. The predicted molar refractivity (Wildman–Crippen MR) is 94.3 cm³/mol. The number of amides is 1. The predicted octanol–water partition coefficient (Wildman–Crippen LogP) is 4.16. The monoisotopic (exact) mass is 342 g/mol. The molecule has 0 unspecified atom stereocenters. The second kappa shape index (κ2) is 6.76. The van der Waals surface area contributed by atoms with E-state index in [1.807, 2.05) is 24.3 Å². The first-order valence-corrected chi connectivity index (χ1v) is 7.58. The van der Waals surface area contributed by atoms with E-state index in [1.54, 1.807) is 18.3 Å². The Morgan fingerprint density at radius 1 is 1.12 bits per heavy atom. The van der Waals surface area contributed by atoms with Crippen LogP contribution in [0.3, 0.4) is 0 Å². The molecule has 1 amide bonds. The molecule has 3 aromatic rings. The number of hydrogen-bond donors (Lipinski definition) is 1. The van der Waals surface area contributed by atoms with E-state index >= 15 is 0 Å². The van der Waals surface area contributed by atoms with Gasteiger partial charge >= 0.3 is 0 Å². The fraction of sp³-hybridized carbons (Fsp3) is 0.111. The summed E-state index contributed by atoms with van der Waals surface area (Å²) >= 11 is 6.16. The number of pyridine rings is 1. The highest BCUT2D eigenvalue weighted by molar-refractivity contribution is 6.32. The molecular formula is C18H15ClN2O3. The van der Waals surface area contributed by atoms with E-state index < -0.39 is 0 Å². The zero-order chi connectivity index (χ0) is 17.1. The molecule has 0 radical (unpaired) electrons. The Balaban J connectivity index is 1.96. The Morgan fingerprint density at radius 3 is 2.67 bits per heavy atom. The number of carbonyl (C=O) groups excluding carboxylic acids is 1. The second-order valence-corrected chi connectivity index (χ2v) is 5.44. The Hall–Kier alpha value is -2.79. The first-order valence-electron chi connectivity index (χ1n) is 7.20. The molecule has 0 spiro atoms. The number of halogens is 1. The van der Waals surface area contributed by atoms with Crippen molar-refractivity contribution in [2.75, 3.05) is 19.5 Å². The van der Waals surface area contributed by atoms with Crippen LogP contribution in [0.2, 0.25) is 5.02 Å². The number of carbonyl (C=O) groups is 1. The summed E-state index contributed by atoms with van der Waals surface area (Å²) in [6.45, 7) is 0.